The Balaban J connectivity index is 2.35. The first-order valence-corrected chi connectivity index (χ1v) is 7.55. The summed E-state index contributed by atoms with van der Waals surface area (Å²) in [6.45, 7) is -0.160. The van der Waals surface area contributed by atoms with E-state index in [1.165, 1.54) is 24.3 Å². The average Bonchev–Trinajstić information content (AvgIpc) is 2.37. The van der Waals surface area contributed by atoms with Crippen LogP contribution in [0.3, 0.4) is 0 Å². The molecule has 0 aliphatic carbocycles. The van der Waals surface area contributed by atoms with E-state index in [0.717, 1.165) is 4.90 Å². The van der Waals surface area contributed by atoms with Gasteiger partial charge in [0.05, 0.1) is 22.5 Å². The summed E-state index contributed by atoms with van der Waals surface area (Å²) in [4.78, 5) is 21.9. The SMILES string of the molecule is O=C([O-])N1CCS(=O)(=O)CC1c1ccc([N+](=O)[O-])cc1. The highest BCUT2D eigenvalue weighted by molar-refractivity contribution is 7.91. The van der Waals surface area contributed by atoms with Crippen LogP contribution < -0.4 is 5.11 Å². The summed E-state index contributed by atoms with van der Waals surface area (Å²) in [5.74, 6) is -0.594. The van der Waals surface area contributed by atoms with Crippen LogP contribution in [-0.2, 0) is 9.84 Å². The number of amides is 1. The van der Waals surface area contributed by atoms with Crippen LogP contribution >= 0.6 is 0 Å². The third-order valence-electron chi connectivity index (χ3n) is 3.15. The van der Waals surface area contributed by atoms with Gasteiger partial charge in [-0.3, -0.25) is 10.1 Å². The molecule has 0 N–H and O–H groups in total. The minimum absolute atomic E-state index is 0.146. The molecule has 8 nitrogen and oxygen atoms in total. The number of hydrogen-bond donors (Lipinski definition) is 0. The minimum atomic E-state index is -3.34. The molecule has 1 amide bonds. The zero-order chi connectivity index (χ0) is 14.9. The van der Waals surface area contributed by atoms with Gasteiger partial charge in [-0.15, -0.1) is 0 Å². The molecule has 2 rings (SSSR count). The third kappa shape index (κ3) is 2.87. The molecule has 9 heteroatoms. The summed E-state index contributed by atoms with van der Waals surface area (Å²) in [6, 6.07) is 4.26. The first-order chi connectivity index (χ1) is 9.30. The Bertz CT molecular complexity index is 639. The van der Waals surface area contributed by atoms with Gasteiger partial charge in [0.1, 0.15) is 6.09 Å². The molecule has 20 heavy (non-hydrogen) atoms. The lowest BCUT2D eigenvalue weighted by Crippen LogP contribution is -2.51. The molecule has 0 spiro atoms. The summed E-state index contributed by atoms with van der Waals surface area (Å²) < 4.78 is 23.3. The highest BCUT2D eigenvalue weighted by Gasteiger charge is 2.32. The second-order valence-electron chi connectivity index (χ2n) is 4.44. The minimum Gasteiger partial charge on any atom is -0.530 e. The van der Waals surface area contributed by atoms with E-state index in [2.05, 4.69) is 0 Å². The fourth-order valence-corrected chi connectivity index (χ4v) is 3.61. The Labute approximate surface area is 114 Å². The Kier molecular flexibility index (Phi) is 3.62. The van der Waals surface area contributed by atoms with Crippen molar-refractivity contribution in [3.8, 4) is 0 Å². The van der Waals surface area contributed by atoms with Crippen LogP contribution in [0.15, 0.2) is 24.3 Å². The molecule has 1 aliphatic heterocycles. The molecule has 1 saturated heterocycles. The van der Waals surface area contributed by atoms with Crippen molar-refractivity contribution in [2.24, 2.45) is 0 Å². The highest BCUT2D eigenvalue weighted by Crippen LogP contribution is 2.27. The first-order valence-electron chi connectivity index (χ1n) is 5.72. The van der Waals surface area contributed by atoms with Crippen molar-refractivity contribution < 1.29 is 23.2 Å². The maximum atomic E-state index is 11.6. The van der Waals surface area contributed by atoms with Crippen LogP contribution in [0, 0.1) is 10.1 Å². The van der Waals surface area contributed by atoms with E-state index in [-0.39, 0.29) is 23.7 Å². The van der Waals surface area contributed by atoms with Crippen LogP contribution in [0.5, 0.6) is 0 Å². The topological polar surface area (TPSA) is 121 Å². The second-order valence-corrected chi connectivity index (χ2v) is 6.67. The van der Waals surface area contributed by atoms with Gasteiger partial charge >= 0.3 is 0 Å². The smallest absolute Gasteiger partial charge is 0.269 e. The average molecular weight is 299 g/mol. The predicted molar refractivity (Wildman–Crippen MR) is 66.6 cm³/mol. The number of carbonyl (C=O) groups excluding carboxylic acids is 1. The van der Waals surface area contributed by atoms with E-state index in [1.54, 1.807) is 0 Å². The normalized spacial score (nSPS) is 21.4. The zero-order valence-corrected chi connectivity index (χ0v) is 11.1. The number of non-ortho nitro benzene ring substituents is 1. The molecular weight excluding hydrogens is 288 g/mol. The number of sulfone groups is 1. The highest BCUT2D eigenvalue weighted by atomic mass is 32.2. The zero-order valence-electron chi connectivity index (χ0n) is 10.3. The molecule has 1 heterocycles. The molecule has 1 aromatic carbocycles. The molecule has 1 fully saturated rings. The fourth-order valence-electron chi connectivity index (χ4n) is 2.12. The number of benzene rings is 1. The molecule has 1 atom stereocenters. The number of carboxylic acid groups (broad SMARTS) is 1. The van der Waals surface area contributed by atoms with Crippen LogP contribution in [0.4, 0.5) is 10.5 Å². The maximum Gasteiger partial charge on any atom is 0.269 e. The maximum absolute atomic E-state index is 11.6. The van der Waals surface area contributed by atoms with Gasteiger partial charge in [-0.05, 0) is 5.56 Å². The van der Waals surface area contributed by atoms with E-state index in [4.69, 9.17) is 0 Å². The molecular formula is C11H11N2O6S-. The van der Waals surface area contributed by atoms with Crippen molar-refractivity contribution in [1.82, 2.24) is 4.90 Å². The van der Waals surface area contributed by atoms with E-state index in [9.17, 15) is 28.4 Å². The van der Waals surface area contributed by atoms with E-state index >= 15 is 0 Å². The van der Waals surface area contributed by atoms with Crippen LogP contribution in [0.25, 0.3) is 0 Å². The van der Waals surface area contributed by atoms with Crippen molar-refractivity contribution in [3.05, 3.63) is 39.9 Å². The number of carbonyl (C=O) groups is 1. The van der Waals surface area contributed by atoms with Gasteiger partial charge in [-0.25, -0.2) is 8.42 Å². The van der Waals surface area contributed by atoms with Gasteiger partial charge in [-0.1, -0.05) is 12.1 Å². The molecule has 0 bridgehead atoms. The second kappa shape index (κ2) is 5.08. The first kappa shape index (κ1) is 14.3. The lowest BCUT2D eigenvalue weighted by Gasteiger charge is -2.37. The van der Waals surface area contributed by atoms with E-state index in [0.29, 0.717) is 5.56 Å². The Hall–Kier alpha value is -2.16. The Morgan fingerprint density at radius 3 is 2.40 bits per heavy atom. The van der Waals surface area contributed by atoms with Crippen LogP contribution in [0.2, 0.25) is 0 Å². The van der Waals surface area contributed by atoms with Gasteiger partial charge < -0.3 is 14.8 Å². The molecule has 108 valence electrons. The van der Waals surface area contributed by atoms with Crippen molar-refractivity contribution in [1.29, 1.82) is 0 Å². The summed E-state index contributed by atoms with van der Waals surface area (Å²) in [5.41, 5.74) is 0.246. The van der Waals surface area contributed by atoms with Crippen LogP contribution in [-0.4, -0.2) is 42.4 Å². The largest absolute Gasteiger partial charge is 0.530 e. The summed E-state index contributed by atoms with van der Waals surface area (Å²) in [6.07, 6.45) is -1.46. The Morgan fingerprint density at radius 2 is 1.90 bits per heavy atom. The van der Waals surface area contributed by atoms with Crippen molar-refractivity contribution >= 4 is 21.6 Å². The van der Waals surface area contributed by atoms with Crippen molar-refractivity contribution in [3.63, 3.8) is 0 Å². The van der Waals surface area contributed by atoms with Crippen molar-refractivity contribution in [2.75, 3.05) is 18.1 Å². The molecule has 0 radical (unpaired) electrons. The quantitative estimate of drug-likeness (QED) is 0.546. The predicted octanol–water partition coefficient (Wildman–Crippen LogP) is -0.290. The third-order valence-corrected chi connectivity index (χ3v) is 4.78. The van der Waals surface area contributed by atoms with Crippen molar-refractivity contribution in [2.45, 2.75) is 6.04 Å². The van der Waals surface area contributed by atoms with Gasteiger partial charge in [0.25, 0.3) is 5.69 Å². The molecule has 1 aromatic rings. The summed E-state index contributed by atoms with van der Waals surface area (Å²) in [7, 11) is -3.34. The van der Waals surface area contributed by atoms with Gasteiger partial charge in [-0.2, -0.15) is 0 Å². The number of rotatable bonds is 2. The van der Waals surface area contributed by atoms with Crippen LogP contribution in [0.1, 0.15) is 11.6 Å². The lowest BCUT2D eigenvalue weighted by molar-refractivity contribution is -0.384. The number of nitrogens with zero attached hydrogens (tertiary/aromatic N) is 2. The standard InChI is InChI=1S/C11H12N2O6S/c14-11(15)12-5-6-20(18,19)7-10(12)8-1-3-9(4-2-8)13(16)17/h1-4,10H,5-7H2,(H,14,15)/p-1. The van der Waals surface area contributed by atoms with E-state index in [1.807, 2.05) is 0 Å². The number of nitro benzene ring substituents is 1. The van der Waals surface area contributed by atoms with Gasteiger partial charge in [0, 0.05) is 18.7 Å². The molecule has 0 aromatic heterocycles. The lowest BCUT2D eigenvalue weighted by atomic mass is 10.1. The number of nitro groups is 1. The molecule has 1 aliphatic rings. The fraction of sp³-hybridized carbons (Fsp3) is 0.364. The summed E-state index contributed by atoms with van der Waals surface area (Å²) in [5, 5.41) is 21.6. The monoisotopic (exact) mass is 299 g/mol. The Morgan fingerprint density at radius 1 is 1.30 bits per heavy atom. The van der Waals surface area contributed by atoms with Gasteiger partial charge in [0.2, 0.25) is 0 Å². The molecule has 0 saturated carbocycles. The number of hydrogen-bond acceptors (Lipinski definition) is 6. The van der Waals surface area contributed by atoms with Gasteiger partial charge in [0.15, 0.2) is 9.84 Å². The van der Waals surface area contributed by atoms with E-state index < -0.39 is 26.9 Å². The molecule has 1 unspecified atom stereocenters. The summed E-state index contributed by atoms with van der Waals surface area (Å²) >= 11 is 0.